The van der Waals surface area contributed by atoms with E-state index in [-0.39, 0.29) is 24.4 Å². The van der Waals surface area contributed by atoms with E-state index in [0.717, 1.165) is 9.88 Å². The molecule has 3 aromatic rings. The Morgan fingerprint density at radius 3 is 2.92 bits per heavy atom. The minimum absolute atomic E-state index is 0.0656. The van der Waals surface area contributed by atoms with Crippen LogP contribution in [0.2, 0.25) is 0 Å². The zero-order chi connectivity index (χ0) is 16.9. The third-order valence-electron chi connectivity index (χ3n) is 3.12. The lowest BCUT2D eigenvalue weighted by molar-refractivity contribution is -0.144. The first-order valence-electron chi connectivity index (χ1n) is 6.96. The molecule has 0 spiro atoms. The molecule has 3 heterocycles. The molecule has 0 atom stereocenters. The van der Waals surface area contributed by atoms with Crippen molar-refractivity contribution >= 4 is 34.6 Å². The third-order valence-corrected chi connectivity index (χ3v) is 5.05. The van der Waals surface area contributed by atoms with Gasteiger partial charge in [-0.1, -0.05) is 6.07 Å². The molecule has 0 radical (unpaired) electrons. The van der Waals surface area contributed by atoms with Crippen molar-refractivity contribution in [3.8, 4) is 9.88 Å². The molecule has 24 heavy (non-hydrogen) atoms. The Kier molecular flexibility index (Phi) is 5.07. The molecule has 0 aliphatic rings. The van der Waals surface area contributed by atoms with Crippen LogP contribution in [-0.2, 0) is 27.3 Å². The van der Waals surface area contributed by atoms with Gasteiger partial charge in [0.1, 0.15) is 17.2 Å². The molecule has 0 aliphatic heterocycles. The molecule has 0 aromatic carbocycles. The summed E-state index contributed by atoms with van der Waals surface area (Å²) in [6, 6.07) is 5.41. The lowest BCUT2D eigenvalue weighted by Crippen LogP contribution is -2.10. The van der Waals surface area contributed by atoms with E-state index in [1.807, 2.05) is 22.9 Å². The highest BCUT2D eigenvalue weighted by atomic mass is 32.1. The van der Waals surface area contributed by atoms with Gasteiger partial charge in [-0.15, -0.1) is 22.7 Å². The molecule has 8 heteroatoms. The van der Waals surface area contributed by atoms with Crippen molar-refractivity contribution in [1.29, 1.82) is 0 Å². The van der Waals surface area contributed by atoms with Crippen LogP contribution in [0, 0.1) is 0 Å². The van der Waals surface area contributed by atoms with Crippen molar-refractivity contribution in [2.75, 3.05) is 7.11 Å². The van der Waals surface area contributed by atoms with Gasteiger partial charge >= 0.3 is 11.9 Å². The molecule has 0 unspecified atom stereocenters. The molecule has 0 fully saturated rings. The van der Waals surface area contributed by atoms with Crippen molar-refractivity contribution in [2.24, 2.45) is 0 Å². The molecule has 0 aliphatic carbocycles. The van der Waals surface area contributed by atoms with E-state index < -0.39 is 11.9 Å². The fourth-order valence-corrected chi connectivity index (χ4v) is 3.62. The Bertz CT molecular complexity index is 834. The fraction of sp³-hybridized carbons (Fsp3) is 0.188. The molecule has 0 saturated heterocycles. The van der Waals surface area contributed by atoms with Crippen molar-refractivity contribution in [3.05, 3.63) is 52.2 Å². The molecule has 6 nitrogen and oxygen atoms in total. The van der Waals surface area contributed by atoms with Crippen LogP contribution in [0.3, 0.4) is 0 Å². The Balaban J connectivity index is 1.57. The predicted molar refractivity (Wildman–Crippen MR) is 89.0 cm³/mol. The topological polar surface area (TPSA) is 78.6 Å². The van der Waals surface area contributed by atoms with E-state index in [4.69, 9.17) is 9.15 Å². The highest BCUT2D eigenvalue weighted by molar-refractivity contribution is 7.20. The zero-order valence-corrected chi connectivity index (χ0v) is 14.3. The van der Waals surface area contributed by atoms with E-state index in [9.17, 15) is 9.59 Å². The number of nitrogens with zero attached hydrogens (tertiary/aromatic N) is 1. The van der Waals surface area contributed by atoms with Crippen molar-refractivity contribution in [2.45, 2.75) is 13.0 Å². The molecule has 124 valence electrons. The normalized spacial score (nSPS) is 10.5. The molecule has 0 saturated carbocycles. The lowest BCUT2D eigenvalue weighted by Gasteiger charge is -2.03. The van der Waals surface area contributed by atoms with Gasteiger partial charge in [-0.25, -0.2) is 9.78 Å². The zero-order valence-electron chi connectivity index (χ0n) is 12.7. The maximum absolute atomic E-state index is 11.9. The SMILES string of the molecule is COC(=O)c1ccoc1COC(=O)Cc1csc(-c2cccs2)n1. The summed E-state index contributed by atoms with van der Waals surface area (Å²) >= 11 is 3.08. The van der Waals surface area contributed by atoms with E-state index >= 15 is 0 Å². The number of hydrogen-bond acceptors (Lipinski definition) is 8. The summed E-state index contributed by atoms with van der Waals surface area (Å²) in [6.45, 7) is -0.127. The molecule has 0 bridgehead atoms. The van der Waals surface area contributed by atoms with Crippen LogP contribution in [0.15, 0.2) is 39.6 Å². The Hall–Kier alpha value is -2.45. The Morgan fingerprint density at radius 1 is 1.29 bits per heavy atom. The number of esters is 2. The molecular formula is C16H13NO5S2. The molecule has 0 amide bonds. The quantitative estimate of drug-likeness (QED) is 0.623. The van der Waals surface area contributed by atoms with E-state index in [1.54, 1.807) is 11.3 Å². The number of rotatable bonds is 6. The van der Waals surface area contributed by atoms with Gasteiger partial charge < -0.3 is 13.9 Å². The number of carbonyl (C=O) groups excluding carboxylic acids is 2. The number of carbonyl (C=O) groups is 2. The van der Waals surface area contributed by atoms with Gasteiger partial charge in [0.25, 0.3) is 0 Å². The summed E-state index contributed by atoms with van der Waals surface area (Å²) in [6.07, 6.45) is 1.42. The molecular weight excluding hydrogens is 350 g/mol. The standard InChI is InChI=1S/C16H13NO5S2/c1-20-16(19)11-4-5-21-12(11)8-22-14(18)7-10-9-24-15(17-10)13-3-2-6-23-13/h2-6,9H,7-8H2,1H3. The van der Waals surface area contributed by atoms with Gasteiger partial charge in [0.2, 0.25) is 0 Å². The Labute approximate surface area is 145 Å². The summed E-state index contributed by atoms with van der Waals surface area (Å²) in [7, 11) is 1.28. The highest BCUT2D eigenvalue weighted by Gasteiger charge is 2.17. The van der Waals surface area contributed by atoms with Crippen LogP contribution < -0.4 is 0 Å². The smallest absolute Gasteiger partial charge is 0.341 e. The van der Waals surface area contributed by atoms with Crippen molar-refractivity contribution in [1.82, 2.24) is 4.98 Å². The number of thiophene rings is 1. The monoisotopic (exact) mass is 363 g/mol. The minimum Gasteiger partial charge on any atom is -0.465 e. The summed E-state index contributed by atoms with van der Waals surface area (Å²) in [5.41, 5.74) is 0.903. The van der Waals surface area contributed by atoms with Crippen molar-refractivity contribution < 1.29 is 23.5 Å². The fourth-order valence-electron chi connectivity index (χ4n) is 1.99. The number of hydrogen-bond donors (Lipinski definition) is 0. The predicted octanol–water partition coefficient (Wildman–Crippen LogP) is 3.54. The summed E-state index contributed by atoms with van der Waals surface area (Å²) in [4.78, 5) is 29.0. The number of aromatic nitrogens is 1. The third kappa shape index (κ3) is 3.72. The van der Waals surface area contributed by atoms with Crippen LogP contribution >= 0.6 is 22.7 Å². The molecule has 3 rings (SSSR count). The maximum atomic E-state index is 11.9. The number of ether oxygens (including phenoxy) is 2. The largest absolute Gasteiger partial charge is 0.465 e. The van der Waals surface area contributed by atoms with Crippen molar-refractivity contribution in [3.63, 3.8) is 0 Å². The highest BCUT2D eigenvalue weighted by Crippen LogP contribution is 2.28. The second kappa shape index (κ2) is 7.41. The van der Waals surface area contributed by atoms with Gasteiger partial charge in [0.05, 0.1) is 30.4 Å². The summed E-state index contributed by atoms with van der Waals surface area (Å²) in [5, 5.41) is 4.70. The number of methoxy groups -OCH3 is 1. The first-order chi connectivity index (χ1) is 11.7. The average molecular weight is 363 g/mol. The second-order valence-electron chi connectivity index (χ2n) is 4.71. The van der Waals surface area contributed by atoms with Gasteiger partial charge in [-0.3, -0.25) is 4.79 Å². The molecule has 3 aromatic heterocycles. The first-order valence-corrected chi connectivity index (χ1v) is 8.72. The van der Waals surface area contributed by atoms with Crippen LogP contribution in [0.5, 0.6) is 0 Å². The molecule has 0 N–H and O–H groups in total. The van der Waals surface area contributed by atoms with E-state index in [2.05, 4.69) is 9.72 Å². The number of thiazole rings is 1. The van der Waals surface area contributed by atoms with Crippen LogP contribution in [0.1, 0.15) is 21.8 Å². The first kappa shape index (κ1) is 16.4. The van der Waals surface area contributed by atoms with Gasteiger partial charge in [-0.2, -0.15) is 0 Å². The second-order valence-corrected chi connectivity index (χ2v) is 6.51. The van der Waals surface area contributed by atoms with Gasteiger partial charge in [-0.05, 0) is 17.5 Å². The Morgan fingerprint density at radius 2 is 2.17 bits per heavy atom. The van der Waals surface area contributed by atoms with E-state index in [0.29, 0.717) is 5.69 Å². The van der Waals surface area contributed by atoms with Crippen LogP contribution in [0.4, 0.5) is 0 Å². The number of furan rings is 1. The van der Waals surface area contributed by atoms with Gasteiger partial charge in [0, 0.05) is 5.38 Å². The van der Waals surface area contributed by atoms with Gasteiger partial charge in [0.15, 0.2) is 5.76 Å². The van der Waals surface area contributed by atoms with Crippen LogP contribution in [0.25, 0.3) is 9.88 Å². The minimum atomic E-state index is -0.533. The van der Waals surface area contributed by atoms with Crippen LogP contribution in [-0.4, -0.2) is 24.0 Å². The maximum Gasteiger partial charge on any atom is 0.341 e. The summed E-state index contributed by atoms with van der Waals surface area (Å²) in [5.74, 6) is -0.715. The lowest BCUT2D eigenvalue weighted by atomic mass is 10.2. The van der Waals surface area contributed by atoms with E-state index in [1.165, 1.54) is 30.8 Å². The average Bonchev–Trinajstić information content (AvgIpc) is 3.32. The summed E-state index contributed by atoms with van der Waals surface area (Å²) < 4.78 is 14.9.